The molecule has 1 heterocycles. The van der Waals surface area contributed by atoms with Crippen LogP contribution in [0.3, 0.4) is 0 Å². The predicted octanol–water partition coefficient (Wildman–Crippen LogP) is 3.35. The molecule has 1 aliphatic rings. The average Bonchev–Trinajstić information content (AvgIpc) is 2.77. The summed E-state index contributed by atoms with van der Waals surface area (Å²) < 4.78 is 1.14. The molecule has 0 saturated carbocycles. The Morgan fingerprint density at radius 2 is 2.06 bits per heavy atom. The van der Waals surface area contributed by atoms with Crippen LogP contribution in [-0.4, -0.2) is 31.1 Å². The normalized spacial score (nSPS) is 16.6. The average molecular weight is 283 g/mol. The zero-order valence-corrected chi connectivity index (χ0v) is 11.2. The summed E-state index contributed by atoms with van der Waals surface area (Å²) in [6.07, 6.45) is 4.00. The van der Waals surface area contributed by atoms with Gasteiger partial charge in [-0.05, 0) is 57.1 Å². The fourth-order valence-corrected chi connectivity index (χ4v) is 2.54. The molecule has 2 nitrogen and oxygen atoms in total. The Kier molecular flexibility index (Phi) is 4.67. The van der Waals surface area contributed by atoms with Gasteiger partial charge in [-0.15, -0.1) is 0 Å². The van der Waals surface area contributed by atoms with E-state index in [0.29, 0.717) is 0 Å². The van der Waals surface area contributed by atoms with E-state index in [-0.39, 0.29) is 0 Å². The minimum absolute atomic E-state index is 1.06. The van der Waals surface area contributed by atoms with Crippen LogP contribution in [0.2, 0.25) is 0 Å². The van der Waals surface area contributed by atoms with E-state index in [2.05, 4.69) is 50.4 Å². The van der Waals surface area contributed by atoms with Crippen LogP contribution in [0.1, 0.15) is 19.3 Å². The molecule has 1 aromatic rings. The van der Waals surface area contributed by atoms with Gasteiger partial charge in [0.2, 0.25) is 0 Å². The second kappa shape index (κ2) is 6.26. The first-order chi connectivity index (χ1) is 7.84. The van der Waals surface area contributed by atoms with E-state index in [1.807, 2.05) is 0 Å². The van der Waals surface area contributed by atoms with Gasteiger partial charge in [0.1, 0.15) is 0 Å². The maximum absolute atomic E-state index is 3.48. The van der Waals surface area contributed by atoms with Gasteiger partial charge in [-0.25, -0.2) is 0 Å². The van der Waals surface area contributed by atoms with Crippen molar-refractivity contribution in [1.82, 2.24) is 4.90 Å². The fourth-order valence-electron chi connectivity index (χ4n) is 2.14. The number of benzene rings is 1. The van der Waals surface area contributed by atoms with E-state index in [4.69, 9.17) is 0 Å². The molecule has 88 valence electrons. The highest BCUT2D eigenvalue weighted by Crippen LogP contribution is 2.15. The zero-order chi connectivity index (χ0) is 11.2. The molecule has 16 heavy (non-hydrogen) atoms. The Bertz CT molecular complexity index is 321. The molecular formula is C13H19BrN2. The smallest absolute Gasteiger partial charge is 0.0351 e. The third kappa shape index (κ3) is 3.80. The van der Waals surface area contributed by atoms with Gasteiger partial charge in [0.05, 0.1) is 0 Å². The summed E-state index contributed by atoms with van der Waals surface area (Å²) in [5, 5.41) is 3.45. The number of anilines is 1. The molecule has 1 aliphatic heterocycles. The van der Waals surface area contributed by atoms with Gasteiger partial charge in [-0.3, -0.25) is 0 Å². The summed E-state index contributed by atoms with van der Waals surface area (Å²) in [7, 11) is 0. The molecule has 0 atom stereocenters. The fraction of sp³-hybridized carbons (Fsp3) is 0.538. The molecule has 1 saturated heterocycles. The van der Waals surface area contributed by atoms with E-state index in [1.54, 1.807) is 0 Å². The first kappa shape index (κ1) is 11.9. The molecule has 1 fully saturated rings. The van der Waals surface area contributed by atoms with Gasteiger partial charge in [0.15, 0.2) is 0 Å². The molecule has 1 N–H and O–H groups in total. The van der Waals surface area contributed by atoms with E-state index in [9.17, 15) is 0 Å². The van der Waals surface area contributed by atoms with Gasteiger partial charge < -0.3 is 10.2 Å². The maximum atomic E-state index is 3.48. The lowest BCUT2D eigenvalue weighted by Gasteiger charge is -2.14. The van der Waals surface area contributed by atoms with Crippen molar-refractivity contribution < 1.29 is 0 Å². The Hall–Kier alpha value is -0.540. The Labute approximate surface area is 106 Å². The van der Waals surface area contributed by atoms with Crippen molar-refractivity contribution in [3.8, 4) is 0 Å². The van der Waals surface area contributed by atoms with Crippen molar-refractivity contribution in [2.75, 3.05) is 31.5 Å². The Balaban J connectivity index is 1.64. The summed E-state index contributed by atoms with van der Waals surface area (Å²) in [5.41, 5.74) is 1.20. The van der Waals surface area contributed by atoms with Gasteiger partial charge in [-0.2, -0.15) is 0 Å². The molecule has 0 radical (unpaired) electrons. The highest BCUT2D eigenvalue weighted by atomic mass is 79.9. The Morgan fingerprint density at radius 3 is 2.81 bits per heavy atom. The predicted molar refractivity (Wildman–Crippen MR) is 72.9 cm³/mol. The molecule has 0 aromatic heterocycles. The van der Waals surface area contributed by atoms with Crippen molar-refractivity contribution in [2.24, 2.45) is 0 Å². The lowest BCUT2D eigenvalue weighted by atomic mass is 10.3. The quantitative estimate of drug-likeness (QED) is 0.834. The van der Waals surface area contributed by atoms with Gasteiger partial charge in [0, 0.05) is 16.7 Å². The molecular weight excluding hydrogens is 264 g/mol. The third-order valence-corrected chi connectivity index (χ3v) is 3.50. The molecule has 3 heteroatoms. The van der Waals surface area contributed by atoms with Crippen LogP contribution in [0.4, 0.5) is 5.69 Å². The number of rotatable bonds is 5. The van der Waals surface area contributed by atoms with Crippen LogP contribution < -0.4 is 5.32 Å². The summed E-state index contributed by atoms with van der Waals surface area (Å²) in [4.78, 5) is 2.56. The number of likely N-dealkylation sites (tertiary alicyclic amines) is 1. The maximum Gasteiger partial charge on any atom is 0.0351 e. The topological polar surface area (TPSA) is 15.3 Å². The van der Waals surface area contributed by atoms with Gasteiger partial charge in [0.25, 0.3) is 0 Å². The minimum atomic E-state index is 1.06. The third-order valence-electron chi connectivity index (χ3n) is 3.00. The highest BCUT2D eigenvalue weighted by molar-refractivity contribution is 9.10. The molecule has 0 spiro atoms. The van der Waals surface area contributed by atoms with Crippen LogP contribution >= 0.6 is 15.9 Å². The van der Waals surface area contributed by atoms with Crippen molar-refractivity contribution >= 4 is 21.6 Å². The highest BCUT2D eigenvalue weighted by Gasteiger charge is 2.09. The molecule has 0 aliphatic carbocycles. The Morgan fingerprint density at radius 1 is 1.25 bits per heavy atom. The summed E-state index contributed by atoms with van der Waals surface area (Å²) in [6.45, 7) is 4.90. The van der Waals surface area contributed by atoms with E-state index >= 15 is 0 Å². The van der Waals surface area contributed by atoms with E-state index in [0.717, 1.165) is 11.0 Å². The number of nitrogens with one attached hydrogen (secondary N) is 1. The van der Waals surface area contributed by atoms with Crippen molar-refractivity contribution in [3.63, 3.8) is 0 Å². The number of hydrogen-bond donors (Lipinski definition) is 1. The standard InChI is InChI=1S/C13H19BrN2/c14-12-5-3-6-13(11-12)15-7-4-10-16-8-1-2-9-16/h3,5-6,11,15H,1-2,4,7-10H2. The lowest BCUT2D eigenvalue weighted by molar-refractivity contribution is 0.337. The van der Waals surface area contributed by atoms with Gasteiger partial charge in [-0.1, -0.05) is 22.0 Å². The summed E-state index contributed by atoms with van der Waals surface area (Å²) >= 11 is 3.48. The molecule has 0 bridgehead atoms. The van der Waals surface area contributed by atoms with E-state index in [1.165, 1.54) is 44.6 Å². The van der Waals surface area contributed by atoms with Crippen LogP contribution in [0.15, 0.2) is 28.7 Å². The molecule has 1 aromatic carbocycles. The summed E-state index contributed by atoms with van der Waals surface area (Å²) in [5.74, 6) is 0. The molecule has 0 unspecified atom stereocenters. The second-order valence-electron chi connectivity index (χ2n) is 4.34. The van der Waals surface area contributed by atoms with Crippen LogP contribution in [0.5, 0.6) is 0 Å². The van der Waals surface area contributed by atoms with Crippen LogP contribution in [0.25, 0.3) is 0 Å². The van der Waals surface area contributed by atoms with Gasteiger partial charge >= 0.3 is 0 Å². The zero-order valence-electron chi connectivity index (χ0n) is 9.58. The first-order valence-corrected chi connectivity index (χ1v) is 6.86. The number of hydrogen-bond acceptors (Lipinski definition) is 2. The largest absolute Gasteiger partial charge is 0.385 e. The van der Waals surface area contributed by atoms with Crippen LogP contribution in [-0.2, 0) is 0 Å². The first-order valence-electron chi connectivity index (χ1n) is 6.06. The summed E-state index contributed by atoms with van der Waals surface area (Å²) in [6, 6.07) is 8.35. The minimum Gasteiger partial charge on any atom is -0.385 e. The van der Waals surface area contributed by atoms with Crippen molar-refractivity contribution in [2.45, 2.75) is 19.3 Å². The molecule has 0 amide bonds. The SMILES string of the molecule is Brc1cccc(NCCCN2CCCC2)c1. The van der Waals surface area contributed by atoms with Crippen molar-refractivity contribution in [1.29, 1.82) is 0 Å². The number of nitrogens with zero attached hydrogens (tertiary/aromatic N) is 1. The monoisotopic (exact) mass is 282 g/mol. The molecule has 2 rings (SSSR count). The van der Waals surface area contributed by atoms with E-state index < -0.39 is 0 Å². The lowest BCUT2D eigenvalue weighted by Crippen LogP contribution is -2.22. The van der Waals surface area contributed by atoms with Crippen molar-refractivity contribution in [3.05, 3.63) is 28.7 Å². The number of halogens is 1. The second-order valence-corrected chi connectivity index (χ2v) is 5.26. The van der Waals surface area contributed by atoms with Crippen LogP contribution in [0, 0.1) is 0 Å².